The fourth-order valence-corrected chi connectivity index (χ4v) is 2.94. The molecule has 0 saturated heterocycles. The molecular formula is C13H13ClN2O2S. The molecule has 2 aromatic rings. The highest BCUT2D eigenvalue weighted by atomic mass is 35.5. The molecule has 0 radical (unpaired) electrons. The number of anilines is 1. The zero-order valence-corrected chi connectivity index (χ0v) is 11.9. The van der Waals surface area contributed by atoms with Crippen molar-refractivity contribution in [2.75, 3.05) is 4.72 Å². The number of halogens is 1. The Morgan fingerprint density at radius 1 is 1.21 bits per heavy atom. The molecule has 6 heteroatoms. The van der Waals surface area contributed by atoms with Crippen LogP contribution in [-0.4, -0.2) is 13.4 Å². The number of aromatic nitrogens is 1. The largest absolute Gasteiger partial charge is 0.283 e. The number of rotatable bonds is 4. The minimum absolute atomic E-state index is 0.0917. The SMILES string of the molecule is Cc1cc(NS(=O)(=O)Cc2ccc(Cl)cc2)ccn1. The van der Waals surface area contributed by atoms with Gasteiger partial charge in [-0.2, -0.15) is 0 Å². The van der Waals surface area contributed by atoms with Crippen molar-refractivity contribution in [2.45, 2.75) is 12.7 Å². The second kappa shape index (κ2) is 5.59. The number of hydrogen-bond acceptors (Lipinski definition) is 3. The van der Waals surface area contributed by atoms with Crippen LogP contribution in [0.3, 0.4) is 0 Å². The average Bonchev–Trinajstić information content (AvgIpc) is 2.31. The maximum Gasteiger partial charge on any atom is 0.236 e. The molecule has 0 atom stereocenters. The number of pyridine rings is 1. The van der Waals surface area contributed by atoms with Gasteiger partial charge in [-0.05, 0) is 36.8 Å². The van der Waals surface area contributed by atoms with Gasteiger partial charge in [0.2, 0.25) is 10.0 Å². The lowest BCUT2D eigenvalue weighted by Crippen LogP contribution is -2.15. The van der Waals surface area contributed by atoms with Gasteiger partial charge in [0.25, 0.3) is 0 Å². The first-order valence-corrected chi connectivity index (χ1v) is 7.65. The van der Waals surface area contributed by atoms with Crippen LogP contribution >= 0.6 is 11.6 Å². The topological polar surface area (TPSA) is 59.1 Å². The summed E-state index contributed by atoms with van der Waals surface area (Å²) in [5, 5.41) is 0.582. The molecule has 0 bridgehead atoms. The van der Waals surface area contributed by atoms with Crippen LogP contribution in [0.15, 0.2) is 42.6 Å². The standard InChI is InChI=1S/C13H13ClN2O2S/c1-10-8-13(6-7-15-10)16-19(17,18)9-11-2-4-12(14)5-3-11/h2-8H,9H2,1H3,(H,15,16). The summed E-state index contributed by atoms with van der Waals surface area (Å²) in [5.74, 6) is -0.0917. The van der Waals surface area contributed by atoms with Crippen molar-refractivity contribution < 1.29 is 8.42 Å². The van der Waals surface area contributed by atoms with Gasteiger partial charge in [0, 0.05) is 16.9 Å². The zero-order chi connectivity index (χ0) is 13.9. The molecule has 0 unspecified atom stereocenters. The van der Waals surface area contributed by atoms with Gasteiger partial charge in [-0.25, -0.2) is 8.42 Å². The third-order valence-electron chi connectivity index (χ3n) is 2.44. The Morgan fingerprint density at radius 3 is 2.53 bits per heavy atom. The predicted molar refractivity (Wildman–Crippen MR) is 76.7 cm³/mol. The Kier molecular flexibility index (Phi) is 4.07. The van der Waals surface area contributed by atoms with E-state index in [4.69, 9.17) is 11.6 Å². The summed E-state index contributed by atoms with van der Waals surface area (Å²) in [5.41, 5.74) is 1.95. The normalized spacial score (nSPS) is 11.3. The highest BCUT2D eigenvalue weighted by molar-refractivity contribution is 7.91. The Labute approximate surface area is 117 Å². The molecule has 2 rings (SSSR count). The molecule has 0 saturated carbocycles. The summed E-state index contributed by atoms with van der Waals surface area (Å²) in [7, 11) is -3.44. The number of aryl methyl sites for hydroxylation is 1. The Bertz CT molecular complexity index is 669. The third-order valence-corrected chi connectivity index (χ3v) is 3.95. The van der Waals surface area contributed by atoms with Gasteiger partial charge in [-0.3, -0.25) is 9.71 Å². The molecule has 1 N–H and O–H groups in total. The van der Waals surface area contributed by atoms with Gasteiger partial charge in [0.15, 0.2) is 0 Å². The molecule has 4 nitrogen and oxygen atoms in total. The van der Waals surface area contributed by atoms with Crippen LogP contribution < -0.4 is 4.72 Å². The van der Waals surface area contributed by atoms with Crippen molar-refractivity contribution in [3.8, 4) is 0 Å². The molecule has 0 aliphatic carbocycles. The molecule has 100 valence electrons. The number of sulfonamides is 1. The van der Waals surface area contributed by atoms with Crippen LogP contribution in [0.2, 0.25) is 5.02 Å². The minimum Gasteiger partial charge on any atom is -0.283 e. The van der Waals surface area contributed by atoms with Crippen molar-refractivity contribution in [2.24, 2.45) is 0 Å². The van der Waals surface area contributed by atoms with Gasteiger partial charge in [0.05, 0.1) is 11.4 Å². The first-order chi connectivity index (χ1) is 8.94. The van der Waals surface area contributed by atoms with E-state index in [0.29, 0.717) is 16.3 Å². The highest BCUT2D eigenvalue weighted by Crippen LogP contribution is 2.15. The number of hydrogen-bond donors (Lipinski definition) is 1. The first-order valence-electron chi connectivity index (χ1n) is 5.62. The molecule has 0 spiro atoms. The number of nitrogens with one attached hydrogen (secondary N) is 1. The second-order valence-corrected chi connectivity index (χ2v) is 6.33. The number of nitrogens with zero attached hydrogens (tertiary/aromatic N) is 1. The summed E-state index contributed by atoms with van der Waals surface area (Å²) in [4.78, 5) is 4.01. The first kappa shape index (κ1) is 13.8. The maximum absolute atomic E-state index is 12.0. The van der Waals surface area contributed by atoms with Gasteiger partial charge in [-0.1, -0.05) is 23.7 Å². The lowest BCUT2D eigenvalue weighted by molar-refractivity contribution is 0.600. The zero-order valence-electron chi connectivity index (χ0n) is 10.3. The minimum atomic E-state index is -3.44. The Hall–Kier alpha value is -1.59. The van der Waals surface area contributed by atoms with Crippen molar-refractivity contribution >= 4 is 27.3 Å². The summed E-state index contributed by atoms with van der Waals surface area (Å²) >= 11 is 5.76. The molecule has 0 fully saturated rings. The molecule has 1 heterocycles. The molecule has 19 heavy (non-hydrogen) atoms. The van der Waals surface area contributed by atoms with Crippen molar-refractivity contribution in [1.29, 1.82) is 0 Å². The van der Waals surface area contributed by atoms with Crippen LogP contribution in [0.25, 0.3) is 0 Å². The van der Waals surface area contributed by atoms with E-state index in [1.807, 2.05) is 0 Å². The molecule has 0 amide bonds. The van der Waals surface area contributed by atoms with E-state index in [1.54, 1.807) is 49.5 Å². The molecule has 0 aliphatic rings. The molecule has 0 aliphatic heterocycles. The summed E-state index contributed by atoms with van der Waals surface area (Å²) < 4.78 is 26.5. The van der Waals surface area contributed by atoms with E-state index in [0.717, 1.165) is 5.69 Å². The monoisotopic (exact) mass is 296 g/mol. The predicted octanol–water partition coefficient (Wildman–Crippen LogP) is 2.99. The quantitative estimate of drug-likeness (QED) is 0.943. The smallest absolute Gasteiger partial charge is 0.236 e. The van der Waals surface area contributed by atoms with Crippen molar-refractivity contribution in [3.05, 3.63) is 58.9 Å². The van der Waals surface area contributed by atoms with E-state index in [2.05, 4.69) is 9.71 Å². The van der Waals surface area contributed by atoms with E-state index in [9.17, 15) is 8.42 Å². The van der Waals surface area contributed by atoms with Crippen LogP contribution in [-0.2, 0) is 15.8 Å². The van der Waals surface area contributed by atoms with Crippen molar-refractivity contribution in [3.63, 3.8) is 0 Å². The van der Waals surface area contributed by atoms with Gasteiger partial charge < -0.3 is 0 Å². The van der Waals surface area contributed by atoms with Crippen LogP contribution in [0.4, 0.5) is 5.69 Å². The second-order valence-electron chi connectivity index (χ2n) is 4.17. The van der Waals surface area contributed by atoms with E-state index in [1.165, 1.54) is 0 Å². The van der Waals surface area contributed by atoms with Crippen LogP contribution in [0, 0.1) is 6.92 Å². The Balaban J connectivity index is 2.13. The van der Waals surface area contributed by atoms with Crippen LogP contribution in [0.1, 0.15) is 11.3 Å². The Morgan fingerprint density at radius 2 is 1.89 bits per heavy atom. The summed E-state index contributed by atoms with van der Waals surface area (Å²) in [6.07, 6.45) is 1.56. The highest BCUT2D eigenvalue weighted by Gasteiger charge is 2.11. The lowest BCUT2D eigenvalue weighted by Gasteiger charge is -2.08. The van der Waals surface area contributed by atoms with E-state index in [-0.39, 0.29) is 5.75 Å². The molecule has 1 aromatic carbocycles. The van der Waals surface area contributed by atoms with E-state index < -0.39 is 10.0 Å². The summed E-state index contributed by atoms with van der Waals surface area (Å²) in [6.45, 7) is 1.80. The van der Waals surface area contributed by atoms with Crippen molar-refractivity contribution in [1.82, 2.24) is 4.98 Å². The van der Waals surface area contributed by atoms with E-state index >= 15 is 0 Å². The summed E-state index contributed by atoms with van der Waals surface area (Å²) in [6, 6.07) is 10.0. The maximum atomic E-state index is 12.0. The number of benzene rings is 1. The third kappa shape index (κ3) is 4.22. The lowest BCUT2D eigenvalue weighted by atomic mass is 10.2. The average molecular weight is 297 g/mol. The van der Waals surface area contributed by atoms with Gasteiger partial charge >= 0.3 is 0 Å². The van der Waals surface area contributed by atoms with Gasteiger partial charge in [0.1, 0.15) is 0 Å². The van der Waals surface area contributed by atoms with Crippen LogP contribution in [0.5, 0.6) is 0 Å². The van der Waals surface area contributed by atoms with Gasteiger partial charge in [-0.15, -0.1) is 0 Å². The fraction of sp³-hybridized carbons (Fsp3) is 0.154. The molecule has 1 aromatic heterocycles. The molecular weight excluding hydrogens is 284 g/mol. The fourth-order valence-electron chi connectivity index (χ4n) is 1.62.